The summed E-state index contributed by atoms with van der Waals surface area (Å²) in [5.41, 5.74) is 2.27. The summed E-state index contributed by atoms with van der Waals surface area (Å²) < 4.78 is 28.5. The van der Waals surface area contributed by atoms with E-state index >= 15 is 0 Å². The third kappa shape index (κ3) is 7.53. The van der Waals surface area contributed by atoms with Crippen LogP contribution in [0.2, 0.25) is 0 Å². The van der Waals surface area contributed by atoms with Gasteiger partial charge in [-0.25, -0.2) is 4.31 Å². The molecular weight excluding hydrogens is 464 g/mol. The van der Waals surface area contributed by atoms with E-state index in [1.165, 1.54) is 19.0 Å². The fourth-order valence-electron chi connectivity index (χ4n) is 3.62. The summed E-state index contributed by atoms with van der Waals surface area (Å²) >= 11 is 0. The van der Waals surface area contributed by atoms with Gasteiger partial charge in [0.2, 0.25) is 11.8 Å². The molecule has 2 aromatic rings. The maximum Gasteiger partial charge on any atom is 0.304 e. The van der Waals surface area contributed by atoms with Crippen LogP contribution in [-0.2, 0) is 26.3 Å². The van der Waals surface area contributed by atoms with Gasteiger partial charge in [-0.1, -0.05) is 63.2 Å². The third-order valence-corrected chi connectivity index (χ3v) is 7.56. The first-order chi connectivity index (χ1) is 16.5. The Kier molecular flexibility index (Phi) is 10.3. The van der Waals surface area contributed by atoms with E-state index < -0.39 is 28.7 Å². The molecule has 9 heteroatoms. The number of para-hydroxylation sites is 1. The number of hydrogen-bond acceptors (Lipinski definition) is 4. The highest BCUT2D eigenvalue weighted by Crippen LogP contribution is 2.21. The molecule has 0 aliphatic carbocycles. The minimum Gasteiger partial charge on any atom is -0.354 e. The lowest BCUT2D eigenvalue weighted by atomic mass is 10.1. The number of amides is 2. The summed E-state index contributed by atoms with van der Waals surface area (Å²) in [6, 6.07) is 15.4. The number of carbonyl (C=O) groups excluding carboxylic acids is 2. The van der Waals surface area contributed by atoms with Gasteiger partial charge in [0.15, 0.2) is 0 Å². The van der Waals surface area contributed by atoms with Crippen LogP contribution in [0.1, 0.15) is 38.3 Å². The van der Waals surface area contributed by atoms with Gasteiger partial charge >= 0.3 is 10.2 Å². The lowest BCUT2D eigenvalue weighted by Gasteiger charge is -2.34. The number of hydrogen-bond donors (Lipinski definition) is 1. The van der Waals surface area contributed by atoms with Gasteiger partial charge in [0.25, 0.3) is 0 Å². The predicted octanol–water partition coefficient (Wildman–Crippen LogP) is 3.19. The van der Waals surface area contributed by atoms with Crippen LogP contribution in [0.5, 0.6) is 0 Å². The molecule has 35 heavy (non-hydrogen) atoms. The number of anilines is 1. The number of aryl methyl sites for hydroxylation is 1. The van der Waals surface area contributed by atoms with Gasteiger partial charge < -0.3 is 10.2 Å². The zero-order chi connectivity index (χ0) is 26.2. The Labute approximate surface area is 210 Å². The van der Waals surface area contributed by atoms with E-state index in [1.807, 2.05) is 52.0 Å². The first-order valence-corrected chi connectivity index (χ1v) is 13.3. The smallest absolute Gasteiger partial charge is 0.304 e. The Hall–Kier alpha value is -2.91. The Morgan fingerprint density at radius 2 is 1.57 bits per heavy atom. The van der Waals surface area contributed by atoms with Gasteiger partial charge in [-0.3, -0.25) is 9.59 Å². The maximum atomic E-state index is 13.8. The molecule has 0 aliphatic rings. The normalized spacial score (nSPS) is 12.5. The summed E-state index contributed by atoms with van der Waals surface area (Å²) in [7, 11) is -1.11. The highest BCUT2D eigenvalue weighted by Gasteiger charge is 2.33. The van der Waals surface area contributed by atoms with Gasteiger partial charge in [0, 0.05) is 27.2 Å². The standard InChI is InChI=1S/C26H38N4O4S/c1-7-24(26(32)27-17-20(2)3)29(18-22-14-12-11-13-21(22)4)25(31)19-30(35(33,34)28(5)6)23-15-9-8-10-16-23/h8-16,20,24H,7,17-19H2,1-6H3,(H,27,32)/t24-/m1/s1. The summed E-state index contributed by atoms with van der Waals surface area (Å²) in [4.78, 5) is 28.4. The van der Waals surface area contributed by atoms with Crippen molar-refractivity contribution in [3.63, 3.8) is 0 Å². The van der Waals surface area contributed by atoms with Gasteiger partial charge in [0.1, 0.15) is 12.6 Å². The van der Waals surface area contributed by atoms with E-state index in [0.717, 1.165) is 19.7 Å². The van der Waals surface area contributed by atoms with Crippen LogP contribution in [-0.4, -0.2) is 62.7 Å². The maximum absolute atomic E-state index is 13.8. The van der Waals surface area contributed by atoms with Crippen LogP contribution in [0.25, 0.3) is 0 Å². The van der Waals surface area contributed by atoms with E-state index in [9.17, 15) is 18.0 Å². The van der Waals surface area contributed by atoms with Crippen molar-refractivity contribution in [2.45, 2.75) is 46.7 Å². The van der Waals surface area contributed by atoms with Crippen molar-refractivity contribution >= 4 is 27.7 Å². The molecule has 2 aromatic carbocycles. The Morgan fingerprint density at radius 1 is 0.971 bits per heavy atom. The average Bonchev–Trinajstić information content (AvgIpc) is 2.82. The Morgan fingerprint density at radius 3 is 2.11 bits per heavy atom. The fourth-order valence-corrected chi connectivity index (χ4v) is 4.68. The monoisotopic (exact) mass is 502 g/mol. The van der Waals surface area contributed by atoms with Crippen LogP contribution in [0.15, 0.2) is 54.6 Å². The Bertz CT molecular complexity index is 1090. The molecule has 0 aromatic heterocycles. The van der Waals surface area contributed by atoms with Crippen molar-refractivity contribution in [2.24, 2.45) is 5.92 Å². The van der Waals surface area contributed by atoms with Crippen molar-refractivity contribution in [3.8, 4) is 0 Å². The van der Waals surface area contributed by atoms with Crippen molar-refractivity contribution < 1.29 is 18.0 Å². The number of carbonyl (C=O) groups is 2. The molecule has 1 N–H and O–H groups in total. The minimum absolute atomic E-state index is 0.198. The largest absolute Gasteiger partial charge is 0.354 e. The number of nitrogens with one attached hydrogen (secondary N) is 1. The molecule has 0 aliphatic heterocycles. The zero-order valence-electron chi connectivity index (χ0n) is 21.6. The number of benzene rings is 2. The molecule has 8 nitrogen and oxygen atoms in total. The molecule has 0 fully saturated rings. The third-order valence-electron chi connectivity index (χ3n) is 5.74. The quantitative estimate of drug-likeness (QED) is 0.483. The number of nitrogens with zero attached hydrogens (tertiary/aromatic N) is 3. The molecule has 0 saturated heterocycles. The highest BCUT2D eigenvalue weighted by atomic mass is 32.2. The van der Waals surface area contributed by atoms with Gasteiger partial charge in [-0.05, 0) is 42.5 Å². The molecule has 0 radical (unpaired) electrons. The minimum atomic E-state index is -3.96. The molecule has 0 heterocycles. The summed E-state index contributed by atoms with van der Waals surface area (Å²) in [6.45, 7) is 8.07. The zero-order valence-corrected chi connectivity index (χ0v) is 22.4. The average molecular weight is 503 g/mol. The molecule has 0 saturated carbocycles. The van der Waals surface area contributed by atoms with Gasteiger partial charge in [-0.2, -0.15) is 12.7 Å². The van der Waals surface area contributed by atoms with Crippen molar-refractivity contribution in [2.75, 3.05) is 31.5 Å². The van der Waals surface area contributed by atoms with E-state index in [1.54, 1.807) is 30.3 Å². The van der Waals surface area contributed by atoms with E-state index in [-0.39, 0.29) is 18.4 Å². The second kappa shape index (κ2) is 12.7. The number of rotatable bonds is 12. The molecule has 0 bridgehead atoms. The van der Waals surface area contributed by atoms with Crippen LogP contribution in [0.4, 0.5) is 5.69 Å². The molecule has 192 valence electrons. The summed E-state index contributed by atoms with van der Waals surface area (Å²) in [6.07, 6.45) is 0.396. The second-order valence-corrected chi connectivity index (χ2v) is 11.2. The SMILES string of the molecule is CC[C@H](C(=O)NCC(C)C)N(Cc1ccccc1C)C(=O)CN(c1ccccc1)S(=O)(=O)N(C)C. The van der Waals surface area contributed by atoms with E-state index in [2.05, 4.69) is 5.32 Å². The first kappa shape index (κ1) is 28.3. The molecule has 2 rings (SSSR count). The molecule has 0 unspecified atom stereocenters. The van der Waals surface area contributed by atoms with Crippen molar-refractivity contribution in [1.82, 2.24) is 14.5 Å². The van der Waals surface area contributed by atoms with Crippen LogP contribution in [0.3, 0.4) is 0 Å². The van der Waals surface area contributed by atoms with Crippen molar-refractivity contribution in [1.29, 1.82) is 0 Å². The highest BCUT2D eigenvalue weighted by molar-refractivity contribution is 7.90. The van der Waals surface area contributed by atoms with Gasteiger partial charge in [-0.15, -0.1) is 0 Å². The summed E-state index contributed by atoms with van der Waals surface area (Å²) in [5, 5.41) is 2.93. The Balaban J connectivity index is 2.47. The van der Waals surface area contributed by atoms with E-state index in [0.29, 0.717) is 18.7 Å². The van der Waals surface area contributed by atoms with Crippen LogP contribution >= 0.6 is 0 Å². The van der Waals surface area contributed by atoms with Crippen LogP contribution < -0.4 is 9.62 Å². The fraction of sp³-hybridized carbons (Fsp3) is 0.462. The predicted molar refractivity (Wildman–Crippen MR) is 140 cm³/mol. The lowest BCUT2D eigenvalue weighted by molar-refractivity contribution is -0.140. The summed E-state index contributed by atoms with van der Waals surface area (Å²) in [5.74, 6) is -0.435. The lowest BCUT2D eigenvalue weighted by Crippen LogP contribution is -2.53. The first-order valence-electron chi connectivity index (χ1n) is 11.9. The van der Waals surface area contributed by atoms with Gasteiger partial charge in [0.05, 0.1) is 5.69 Å². The molecule has 1 atom stereocenters. The van der Waals surface area contributed by atoms with Crippen LogP contribution in [0, 0.1) is 12.8 Å². The molecule has 2 amide bonds. The molecule has 0 spiro atoms. The van der Waals surface area contributed by atoms with Crippen molar-refractivity contribution in [3.05, 3.63) is 65.7 Å². The van der Waals surface area contributed by atoms with E-state index in [4.69, 9.17) is 0 Å². The topological polar surface area (TPSA) is 90.0 Å². The molecular formula is C26H38N4O4S. The second-order valence-electron chi connectivity index (χ2n) is 9.14.